The molecule has 0 amide bonds. The SMILES string of the molecule is N#Cc1cccnc1NCCc1nc2c(s1)CCCC2. The highest BCUT2D eigenvalue weighted by molar-refractivity contribution is 7.11. The molecule has 0 aromatic carbocycles. The molecule has 2 heterocycles. The molecule has 1 aliphatic carbocycles. The summed E-state index contributed by atoms with van der Waals surface area (Å²) in [7, 11) is 0. The number of rotatable bonds is 4. The van der Waals surface area contributed by atoms with Crippen LogP contribution in [-0.4, -0.2) is 16.5 Å². The lowest BCUT2D eigenvalue weighted by Gasteiger charge is -2.06. The number of nitrogens with zero attached hydrogens (tertiary/aromatic N) is 3. The summed E-state index contributed by atoms with van der Waals surface area (Å²) in [5, 5.41) is 13.4. The Hall–Kier alpha value is -1.93. The fraction of sp³-hybridized carbons (Fsp3) is 0.400. The molecule has 2 aromatic heterocycles. The number of nitriles is 1. The zero-order valence-electron chi connectivity index (χ0n) is 11.2. The van der Waals surface area contributed by atoms with E-state index in [4.69, 9.17) is 10.2 Å². The molecule has 0 unspecified atom stereocenters. The fourth-order valence-electron chi connectivity index (χ4n) is 2.44. The van der Waals surface area contributed by atoms with Gasteiger partial charge in [0.2, 0.25) is 0 Å². The molecular formula is C15H16N4S. The van der Waals surface area contributed by atoms with Crippen molar-refractivity contribution in [2.45, 2.75) is 32.1 Å². The number of aromatic nitrogens is 2. The number of aryl methyl sites for hydroxylation is 2. The maximum Gasteiger partial charge on any atom is 0.143 e. The predicted molar refractivity (Wildman–Crippen MR) is 79.9 cm³/mol. The Bertz CT molecular complexity index is 618. The van der Waals surface area contributed by atoms with Crippen LogP contribution in [0.2, 0.25) is 0 Å². The van der Waals surface area contributed by atoms with Crippen LogP contribution in [0.25, 0.3) is 0 Å². The van der Waals surface area contributed by atoms with Gasteiger partial charge in [0, 0.05) is 24.0 Å². The highest BCUT2D eigenvalue weighted by atomic mass is 32.1. The third-order valence-electron chi connectivity index (χ3n) is 3.45. The summed E-state index contributed by atoms with van der Waals surface area (Å²) in [6.45, 7) is 0.762. The normalized spacial score (nSPS) is 13.6. The quantitative estimate of drug-likeness (QED) is 0.937. The highest BCUT2D eigenvalue weighted by Crippen LogP contribution is 2.26. The third kappa shape index (κ3) is 2.81. The van der Waals surface area contributed by atoms with Gasteiger partial charge in [0.15, 0.2) is 0 Å². The lowest BCUT2D eigenvalue weighted by atomic mass is 10.0. The molecule has 0 atom stereocenters. The molecule has 0 saturated carbocycles. The molecule has 0 bridgehead atoms. The van der Waals surface area contributed by atoms with Gasteiger partial charge in [-0.1, -0.05) is 0 Å². The maximum absolute atomic E-state index is 9.00. The zero-order valence-corrected chi connectivity index (χ0v) is 12.0. The summed E-state index contributed by atoms with van der Waals surface area (Å²) >= 11 is 1.84. The molecular weight excluding hydrogens is 268 g/mol. The van der Waals surface area contributed by atoms with Gasteiger partial charge in [0.05, 0.1) is 16.3 Å². The standard InChI is InChI=1S/C15H16N4S/c16-10-11-4-3-8-17-15(11)18-9-7-14-19-12-5-1-2-6-13(12)20-14/h3-4,8H,1-2,5-7,9H2,(H,17,18). The minimum Gasteiger partial charge on any atom is -0.369 e. The van der Waals surface area contributed by atoms with Gasteiger partial charge in [0.25, 0.3) is 0 Å². The summed E-state index contributed by atoms with van der Waals surface area (Å²) in [5.41, 5.74) is 1.90. The third-order valence-corrected chi connectivity index (χ3v) is 4.67. The van der Waals surface area contributed by atoms with E-state index in [1.165, 1.54) is 34.8 Å². The Morgan fingerprint density at radius 2 is 2.25 bits per heavy atom. The molecule has 3 rings (SSSR count). The topological polar surface area (TPSA) is 61.6 Å². The van der Waals surface area contributed by atoms with E-state index in [0.717, 1.165) is 19.4 Å². The maximum atomic E-state index is 9.00. The van der Waals surface area contributed by atoms with E-state index < -0.39 is 0 Å². The number of fused-ring (bicyclic) bond motifs is 1. The van der Waals surface area contributed by atoms with Crippen molar-refractivity contribution in [1.82, 2.24) is 9.97 Å². The zero-order chi connectivity index (χ0) is 13.8. The van der Waals surface area contributed by atoms with Crippen LogP contribution in [0.5, 0.6) is 0 Å². The number of pyridine rings is 1. The lowest BCUT2D eigenvalue weighted by Crippen LogP contribution is -2.07. The summed E-state index contributed by atoms with van der Waals surface area (Å²) in [5.74, 6) is 0.663. The van der Waals surface area contributed by atoms with Gasteiger partial charge >= 0.3 is 0 Å². The molecule has 2 aromatic rings. The Kier molecular flexibility index (Phi) is 3.93. The molecule has 0 saturated heterocycles. The van der Waals surface area contributed by atoms with Gasteiger partial charge in [-0.2, -0.15) is 5.26 Å². The monoisotopic (exact) mass is 284 g/mol. The number of hydrogen-bond donors (Lipinski definition) is 1. The van der Waals surface area contributed by atoms with E-state index in [-0.39, 0.29) is 0 Å². The number of anilines is 1. The number of thiazole rings is 1. The Labute approximate surface area is 122 Å². The Morgan fingerprint density at radius 1 is 1.35 bits per heavy atom. The first kappa shape index (κ1) is 13.1. The van der Waals surface area contributed by atoms with Crippen LogP contribution in [0.4, 0.5) is 5.82 Å². The van der Waals surface area contributed by atoms with E-state index in [0.29, 0.717) is 11.4 Å². The first-order valence-electron chi connectivity index (χ1n) is 6.93. The second-order valence-electron chi connectivity index (χ2n) is 4.87. The number of hydrogen-bond acceptors (Lipinski definition) is 5. The summed E-state index contributed by atoms with van der Waals surface area (Å²) in [4.78, 5) is 10.4. The van der Waals surface area contributed by atoms with E-state index in [1.54, 1.807) is 18.3 Å². The lowest BCUT2D eigenvalue weighted by molar-refractivity contribution is 0.680. The second kappa shape index (κ2) is 6.02. The predicted octanol–water partition coefficient (Wildman–Crippen LogP) is 2.94. The van der Waals surface area contributed by atoms with Crippen molar-refractivity contribution < 1.29 is 0 Å². The van der Waals surface area contributed by atoms with E-state index >= 15 is 0 Å². The van der Waals surface area contributed by atoms with Gasteiger partial charge in [-0.25, -0.2) is 9.97 Å². The first-order valence-corrected chi connectivity index (χ1v) is 7.75. The summed E-state index contributed by atoms with van der Waals surface area (Å²) in [6.07, 6.45) is 7.49. The van der Waals surface area contributed by atoms with Crippen molar-refractivity contribution in [2.75, 3.05) is 11.9 Å². The van der Waals surface area contributed by atoms with E-state index in [1.807, 2.05) is 11.3 Å². The second-order valence-corrected chi connectivity index (χ2v) is 6.04. The molecule has 0 aliphatic heterocycles. The molecule has 20 heavy (non-hydrogen) atoms. The molecule has 0 spiro atoms. The van der Waals surface area contributed by atoms with Crippen molar-refractivity contribution in [1.29, 1.82) is 5.26 Å². The van der Waals surface area contributed by atoms with Crippen molar-refractivity contribution >= 4 is 17.2 Å². The summed E-state index contributed by atoms with van der Waals surface area (Å²) in [6, 6.07) is 5.70. The Balaban J connectivity index is 1.60. The minimum absolute atomic E-state index is 0.589. The van der Waals surface area contributed by atoms with Gasteiger partial charge in [-0.05, 0) is 37.8 Å². The van der Waals surface area contributed by atoms with Gasteiger partial charge < -0.3 is 5.32 Å². The van der Waals surface area contributed by atoms with Gasteiger partial charge in [-0.3, -0.25) is 0 Å². The van der Waals surface area contributed by atoms with Crippen LogP contribution in [0.3, 0.4) is 0 Å². The minimum atomic E-state index is 0.589. The summed E-state index contributed by atoms with van der Waals surface area (Å²) < 4.78 is 0. The van der Waals surface area contributed by atoms with Gasteiger partial charge in [-0.15, -0.1) is 11.3 Å². The van der Waals surface area contributed by atoms with Crippen LogP contribution in [-0.2, 0) is 19.3 Å². The smallest absolute Gasteiger partial charge is 0.143 e. The fourth-order valence-corrected chi connectivity index (χ4v) is 3.59. The van der Waals surface area contributed by atoms with Crippen molar-refractivity contribution in [3.63, 3.8) is 0 Å². The van der Waals surface area contributed by atoms with Crippen LogP contribution < -0.4 is 5.32 Å². The molecule has 0 radical (unpaired) electrons. The molecule has 5 heteroatoms. The number of nitrogens with one attached hydrogen (secondary N) is 1. The molecule has 1 N–H and O–H groups in total. The molecule has 0 fully saturated rings. The van der Waals surface area contributed by atoms with Crippen molar-refractivity contribution in [3.8, 4) is 6.07 Å². The van der Waals surface area contributed by atoms with Crippen molar-refractivity contribution in [2.24, 2.45) is 0 Å². The highest BCUT2D eigenvalue weighted by Gasteiger charge is 2.14. The van der Waals surface area contributed by atoms with Crippen LogP contribution in [0.15, 0.2) is 18.3 Å². The van der Waals surface area contributed by atoms with Crippen molar-refractivity contribution in [3.05, 3.63) is 39.5 Å². The van der Waals surface area contributed by atoms with Crippen LogP contribution in [0, 0.1) is 11.3 Å². The Morgan fingerprint density at radius 3 is 3.10 bits per heavy atom. The molecule has 4 nitrogen and oxygen atoms in total. The van der Waals surface area contributed by atoms with Crippen LogP contribution >= 0.6 is 11.3 Å². The largest absolute Gasteiger partial charge is 0.369 e. The molecule has 1 aliphatic rings. The first-order chi connectivity index (χ1) is 9.86. The van der Waals surface area contributed by atoms with E-state index in [9.17, 15) is 0 Å². The average molecular weight is 284 g/mol. The van der Waals surface area contributed by atoms with E-state index in [2.05, 4.69) is 16.4 Å². The van der Waals surface area contributed by atoms with Crippen LogP contribution in [0.1, 0.15) is 34.0 Å². The van der Waals surface area contributed by atoms with Gasteiger partial charge in [0.1, 0.15) is 11.9 Å². The molecule has 102 valence electrons. The average Bonchev–Trinajstić information content (AvgIpc) is 2.90.